The second-order valence-electron chi connectivity index (χ2n) is 11.5. The molecule has 2 heterocycles. The highest BCUT2D eigenvalue weighted by molar-refractivity contribution is 7.89. The molecule has 0 radical (unpaired) electrons. The second-order valence-corrected chi connectivity index (χ2v) is 15.1. The molecule has 5 N–H and O–H groups in total. The molecule has 0 spiro atoms. The van der Waals surface area contributed by atoms with Crippen molar-refractivity contribution < 1.29 is 51.6 Å². The van der Waals surface area contributed by atoms with Gasteiger partial charge in [0.25, 0.3) is 0 Å². The van der Waals surface area contributed by atoms with E-state index < -0.39 is 48.3 Å². The lowest BCUT2D eigenvalue weighted by atomic mass is 10.0. The van der Waals surface area contributed by atoms with Crippen LogP contribution < -0.4 is 20.7 Å². The predicted octanol–water partition coefficient (Wildman–Crippen LogP) is 1.15. The van der Waals surface area contributed by atoms with Gasteiger partial charge < -0.3 is 44.5 Å². The van der Waals surface area contributed by atoms with Gasteiger partial charge in [0.1, 0.15) is 11.9 Å². The maximum absolute atomic E-state index is 13.6. The molecule has 250 valence electrons. The van der Waals surface area contributed by atoms with Crippen LogP contribution in [0.15, 0.2) is 53.4 Å². The number of aliphatic hydroxyl groups is 1. The number of methoxy groups -OCH3 is 1. The summed E-state index contributed by atoms with van der Waals surface area (Å²) in [6.07, 6.45) is -2.40. The number of ether oxygens (including phenoxy) is 4. The SMILES string of the molecule is COc1ccc(S(=O)(=O)N(CC(C)C)C[C@@H](O)[C@H](CNCc2ccc(P(=O)(O)O)cc2)NC(=O)O[C@H]2CO[C@H]3OCC[C@H]32)cc1. The lowest BCUT2D eigenvalue weighted by Gasteiger charge is -2.31. The summed E-state index contributed by atoms with van der Waals surface area (Å²) < 4.78 is 61.8. The molecule has 2 aromatic carbocycles. The van der Waals surface area contributed by atoms with Crippen molar-refractivity contribution in [3.63, 3.8) is 0 Å². The highest BCUT2D eigenvalue weighted by atomic mass is 32.2. The number of amides is 1. The Balaban J connectivity index is 1.48. The molecule has 1 amide bonds. The number of nitrogens with zero attached hydrogens (tertiary/aromatic N) is 1. The Morgan fingerprint density at radius 2 is 1.78 bits per heavy atom. The van der Waals surface area contributed by atoms with Crippen molar-refractivity contribution in [3.8, 4) is 5.75 Å². The zero-order valence-electron chi connectivity index (χ0n) is 25.4. The Bertz CT molecular complexity index is 1420. The van der Waals surface area contributed by atoms with Gasteiger partial charge in [0.15, 0.2) is 6.29 Å². The van der Waals surface area contributed by atoms with Gasteiger partial charge in [-0.15, -0.1) is 0 Å². The van der Waals surface area contributed by atoms with Crippen LogP contribution in [0, 0.1) is 11.8 Å². The Labute approximate surface area is 263 Å². The van der Waals surface area contributed by atoms with E-state index in [1.54, 1.807) is 24.3 Å². The summed E-state index contributed by atoms with van der Waals surface area (Å²) in [5.74, 6) is 0.335. The van der Waals surface area contributed by atoms with Crippen LogP contribution in [0.4, 0.5) is 4.79 Å². The average molecular weight is 672 g/mol. The molecule has 4 rings (SSSR count). The fraction of sp³-hybridized carbons (Fsp3) is 0.552. The number of aliphatic hydroxyl groups excluding tert-OH is 1. The molecule has 45 heavy (non-hydrogen) atoms. The summed E-state index contributed by atoms with van der Waals surface area (Å²) in [5, 5.41) is 17.1. The number of carbonyl (C=O) groups excluding carboxylic acids is 1. The average Bonchev–Trinajstić information content (AvgIpc) is 3.61. The molecular formula is C29H42N3O11PS. The van der Waals surface area contributed by atoms with Gasteiger partial charge in [-0.2, -0.15) is 4.31 Å². The maximum Gasteiger partial charge on any atom is 0.407 e. The van der Waals surface area contributed by atoms with Crippen molar-refractivity contribution in [2.45, 2.75) is 56.2 Å². The minimum absolute atomic E-state index is 0.0188. The number of hydrogen-bond donors (Lipinski definition) is 5. The number of nitrogens with one attached hydrogen (secondary N) is 2. The first kappa shape index (κ1) is 35.3. The standard InChI is InChI=1S/C29H42N3O11PS/c1-19(2)16-32(45(38,39)23-10-6-21(40-3)7-11-23)17-26(33)25(15-30-14-20-4-8-22(9-5-20)44(35,36)37)31-29(34)43-27-18-42-28-24(27)12-13-41-28/h4-11,19,24-28,30,33H,12-18H2,1-3H3,(H,31,34)(H2,35,36,37)/t24-,25-,26+,27-,28+/m0/s1. The number of alkyl carbamates (subject to hydrolysis) is 1. The van der Waals surface area contributed by atoms with Crippen molar-refractivity contribution in [3.05, 3.63) is 54.1 Å². The lowest BCUT2D eigenvalue weighted by Crippen LogP contribution is -2.54. The van der Waals surface area contributed by atoms with Crippen LogP contribution in [0.3, 0.4) is 0 Å². The molecule has 2 aliphatic heterocycles. The number of benzene rings is 2. The Hall–Kier alpha value is -2.59. The van der Waals surface area contributed by atoms with E-state index in [1.807, 2.05) is 13.8 Å². The van der Waals surface area contributed by atoms with Crippen LogP contribution in [0.1, 0.15) is 25.8 Å². The van der Waals surface area contributed by atoms with Gasteiger partial charge in [-0.05, 0) is 54.3 Å². The quantitative estimate of drug-likeness (QED) is 0.170. The van der Waals surface area contributed by atoms with Crippen molar-refractivity contribution in [1.29, 1.82) is 0 Å². The first-order valence-electron chi connectivity index (χ1n) is 14.7. The zero-order valence-corrected chi connectivity index (χ0v) is 27.2. The molecule has 0 saturated carbocycles. The maximum atomic E-state index is 13.6. The summed E-state index contributed by atoms with van der Waals surface area (Å²) in [6, 6.07) is 10.7. The van der Waals surface area contributed by atoms with E-state index in [-0.39, 0.29) is 54.8 Å². The van der Waals surface area contributed by atoms with E-state index in [0.29, 0.717) is 24.3 Å². The Kier molecular flexibility index (Phi) is 12.0. The van der Waals surface area contributed by atoms with Crippen LogP contribution in [-0.4, -0.2) is 98.2 Å². The lowest BCUT2D eigenvalue weighted by molar-refractivity contribution is -0.0907. The normalized spacial score (nSPS) is 21.5. The van der Waals surface area contributed by atoms with Gasteiger partial charge in [-0.25, -0.2) is 13.2 Å². The van der Waals surface area contributed by atoms with Crippen molar-refractivity contribution in [1.82, 2.24) is 14.9 Å². The summed E-state index contributed by atoms with van der Waals surface area (Å²) in [5.41, 5.74) is 0.696. The first-order chi connectivity index (χ1) is 21.3. The summed E-state index contributed by atoms with van der Waals surface area (Å²) in [6.45, 7) is 4.46. The van der Waals surface area contributed by atoms with Gasteiger partial charge >= 0.3 is 13.7 Å². The first-order valence-corrected chi connectivity index (χ1v) is 17.7. The van der Waals surface area contributed by atoms with Gasteiger partial charge in [-0.3, -0.25) is 4.57 Å². The third-order valence-corrected chi connectivity index (χ3v) is 10.5. The second kappa shape index (κ2) is 15.3. The predicted molar refractivity (Wildman–Crippen MR) is 163 cm³/mol. The van der Waals surface area contributed by atoms with Crippen LogP contribution in [0.25, 0.3) is 0 Å². The molecule has 14 nitrogen and oxygen atoms in total. The molecule has 5 atom stereocenters. The van der Waals surface area contributed by atoms with E-state index in [2.05, 4.69) is 10.6 Å². The molecule has 2 aromatic rings. The van der Waals surface area contributed by atoms with E-state index in [1.165, 1.54) is 35.7 Å². The van der Waals surface area contributed by atoms with E-state index in [4.69, 9.17) is 18.9 Å². The fourth-order valence-corrected chi connectivity index (χ4v) is 7.40. The molecule has 2 saturated heterocycles. The number of hydrogen-bond acceptors (Lipinski definition) is 10. The third kappa shape index (κ3) is 9.47. The largest absolute Gasteiger partial charge is 0.497 e. The van der Waals surface area contributed by atoms with Gasteiger partial charge in [-0.1, -0.05) is 26.0 Å². The Morgan fingerprint density at radius 3 is 2.40 bits per heavy atom. The fourth-order valence-electron chi connectivity index (χ4n) is 5.24. The van der Waals surface area contributed by atoms with Gasteiger partial charge in [0, 0.05) is 26.2 Å². The van der Waals surface area contributed by atoms with Crippen LogP contribution in [0.5, 0.6) is 5.75 Å². The smallest absolute Gasteiger partial charge is 0.407 e. The summed E-state index contributed by atoms with van der Waals surface area (Å²) >= 11 is 0. The molecule has 0 aromatic heterocycles. The highest BCUT2D eigenvalue weighted by Gasteiger charge is 2.44. The Morgan fingerprint density at radius 1 is 1.09 bits per heavy atom. The minimum Gasteiger partial charge on any atom is -0.497 e. The molecule has 0 bridgehead atoms. The highest BCUT2D eigenvalue weighted by Crippen LogP contribution is 2.33. The topological polar surface area (TPSA) is 193 Å². The molecule has 2 aliphatic rings. The number of sulfonamides is 1. The third-order valence-electron chi connectivity index (χ3n) is 7.63. The van der Waals surface area contributed by atoms with Crippen molar-refractivity contribution >= 4 is 29.0 Å². The molecule has 2 fully saturated rings. The van der Waals surface area contributed by atoms with Crippen molar-refractivity contribution in [2.24, 2.45) is 11.8 Å². The number of carbonyl (C=O) groups is 1. The van der Waals surface area contributed by atoms with Crippen LogP contribution >= 0.6 is 7.60 Å². The van der Waals surface area contributed by atoms with Gasteiger partial charge in [0.2, 0.25) is 10.0 Å². The summed E-state index contributed by atoms with van der Waals surface area (Å²) in [4.78, 5) is 31.8. The molecule has 16 heteroatoms. The van der Waals surface area contributed by atoms with E-state index in [9.17, 15) is 32.7 Å². The van der Waals surface area contributed by atoms with Crippen LogP contribution in [-0.2, 0) is 35.3 Å². The van der Waals surface area contributed by atoms with E-state index >= 15 is 0 Å². The van der Waals surface area contributed by atoms with E-state index in [0.717, 1.165) is 0 Å². The molecule has 0 aliphatic carbocycles. The zero-order chi connectivity index (χ0) is 32.8. The van der Waals surface area contributed by atoms with Crippen molar-refractivity contribution in [2.75, 3.05) is 40.0 Å². The monoisotopic (exact) mass is 671 g/mol. The number of fused-ring (bicyclic) bond motifs is 1. The molecule has 0 unspecified atom stereocenters. The van der Waals surface area contributed by atoms with Crippen LogP contribution in [0.2, 0.25) is 0 Å². The molecular weight excluding hydrogens is 629 g/mol. The minimum atomic E-state index is -4.38. The summed E-state index contributed by atoms with van der Waals surface area (Å²) in [7, 11) is -6.93. The number of rotatable bonds is 15. The van der Waals surface area contributed by atoms with Gasteiger partial charge in [0.05, 0.1) is 48.6 Å².